The number of rotatable bonds is 7. The van der Waals surface area contributed by atoms with Crippen LogP contribution >= 0.6 is 0 Å². The number of hydrogen-bond donors (Lipinski definition) is 1. The number of esters is 1. The quantitative estimate of drug-likeness (QED) is 0.456. The maximum absolute atomic E-state index is 12.3. The van der Waals surface area contributed by atoms with Crippen molar-refractivity contribution in [3.8, 4) is 11.5 Å². The zero-order valence-electron chi connectivity index (χ0n) is 14.3. The zero-order chi connectivity index (χ0) is 18.4. The number of hydrogen-bond acceptors (Lipinski definition) is 6. The molecule has 0 aliphatic carbocycles. The van der Waals surface area contributed by atoms with Crippen molar-refractivity contribution in [2.75, 3.05) is 26.9 Å². The standard InChI is InChI=1S/C17H20N2O6/c1-4-24-13-7-6-11(9-14(13)25-5-2)8-12-16(21)19(17(22)18-12)10-15(20)23-3/h6-9H,4-5,10H2,1-3H3,(H,18,22). The van der Waals surface area contributed by atoms with E-state index in [1.165, 1.54) is 13.2 Å². The molecule has 0 saturated carbocycles. The van der Waals surface area contributed by atoms with Crippen molar-refractivity contribution in [3.63, 3.8) is 0 Å². The molecule has 8 heteroatoms. The normalized spacial score (nSPS) is 15.3. The Hall–Kier alpha value is -3.03. The zero-order valence-corrected chi connectivity index (χ0v) is 14.3. The molecule has 1 aliphatic rings. The molecule has 1 heterocycles. The fraction of sp³-hybridized carbons (Fsp3) is 0.353. The Bertz CT molecular complexity index is 713. The molecule has 0 radical (unpaired) electrons. The van der Waals surface area contributed by atoms with Gasteiger partial charge in [-0.25, -0.2) is 9.69 Å². The number of nitrogens with zero attached hydrogens (tertiary/aromatic N) is 1. The number of carbonyl (C=O) groups excluding carboxylic acids is 3. The molecule has 1 saturated heterocycles. The van der Waals surface area contributed by atoms with E-state index in [0.717, 1.165) is 4.90 Å². The molecule has 0 bridgehead atoms. The predicted molar refractivity (Wildman–Crippen MR) is 89.0 cm³/mol. The van der Waals surface area contributed by atoms with Gasteiger partial charge in [0.05, 0.1) is 20.3 Å². The summed E-state index contributed by atoms with van der Waals surface area (Å²) in [6.07, 6.45) is 1.51. The third kappa shape index (κ3) is 4.28. The molecule has 1 fully saturated rings. The lowest BCUT2D eigenvalue weighted by Crippen LogP contribution is -2.36. The molecular weight excluding hydrogens is 328 g/mol. The van der Waals surface area contributed by atoms with Gasteiger partial charge in [0, 0.05) is 0 Å². The van der Waals surface area contributed by atoms with Gasteiger partial charge < -0.3 is 19.5 Å². The van der Waals surface area contributed by atoms with Crippen LogP contribution in [0.15, 0.2) is 23.9 Å². The van der Waals surface area contributed by atoms with Crippen LogP contribution < -0.4 is 14.8 Å². The number of ether oxygens (including phenoxy) is 3. The summed E-state index contributed by atoms with van der Waals surface area (Å²) in [7, 11) is 1.19. The van der Waals surface area contributed by atoms with Gasteiger partial charge in [0.25, 0.3) is 5.91 Å². The Morgan fingerprint density at radius 3 is 2.48 bits per heavy atom. The van der Waals surface area contributed by atoms with Crippen LogP contribution in [0.1, 0.15) is 19.4 Å². The van der Waals surface area contributed by atoms with Crippen molar-refractivity contribution in [2.24, 2.45) is 0 Å². The van der Waals surface area contributed by atoms with Crippen LogP contribution in [0.2, 0.25) is 0 Å². The summed E-state index contributed by atoms with van der Waals surface area (Å²) >= 11 is 0. The summed E-state index contributed by atoms with van der Waals surface area (Å²) in [5.41, 5.74) is 0.719. The van der Waals surface area contributed by atoms with Gasteiger partial charge in [0.2, 0.25) is 0 Å². The van der Waals surface area contributed by atoms with E-state index in [0.29, 0.717) is 30.3 Å². The molecule has 2 rings (SSSR count). The van der Waals surface area contributed by atoms with Gasteiger partial charge in [0.15, 0.2) is 11.5 Å². The summed E-state index contributed by atoms with van der Waals surface area (Å²) in [5, 5.41) is 2.44. The summed E-state index contributed by atoms with van der Waals surface area (Å²) < 4.78 is 15.5. The molecule has 25 heavy (non-hydrogen) atoms. The molecule has 1 aromatic rings. The Morgan fingerprint density at radius 1 is 1.16 bits per heavy atom. The van der Waals surface area contributed by atoms with Crippen LogP contribution in [0.3, 0.4) is 0 Å². The molecule has 134 valence electrons. The third-order valence-corrected chi connectivity index (χ3v) is 3.36. The number of carbonyl (C=O) groups is 3. The lowest BCUT2D eigenvalue weighted by molar-refractivity contribution is -0.143. The number of methoxy groups -OCH3 is 1. The minimum absolute atomic E-state index is 0.0699. The van der Waals surface area contributed by atoms with Crippen LogP contribution in [0.25, 0.3) is 6.08 Å². The minimum atomic E-state index is -0.676. The SMILES string of the molecule is CCOc1ccc(C=C2NC(=O)N(CC(=O)OC)C2=O)cc1OCC. The van der Waals surface area contributed by atoms with Crippen LogP contribution in [-0.4, -0.2) is 49.7 Å². The fourth-order valence-electron chi connectivity index (χ4n) is 2.23. The van der Waals surface area contributed by atoms with Crippen LogP contribution in [0.4, 0.5) is 4.79 Å². The first-order chi connectivity index (χ1) is 12.0. The van der Waals surface area contributed by atoms with E-state index >= 15 is 0 Å². The molecule has 0 atom stereocenters. The van der Waals surface area contributed by atoms with Gasteiger partial charge >= 0.3 is 12.0 Å². The monoisotopic (exact) mass is 348 g/mol. The Labute approximate surface area is 145 Å². The average Bonchev–Trinajstić information content (AvgIpc) is 2.85. The second kappa shape index (κ2) is 8.18. The highest BCUT2D eigenvalue weighted by molar-refractivity contribution is 6.15. The summed E-state index contributed by atoms with van der Waals surface area (Å²) in [5.74, 6) is -0.130. The molecule has 1 aliphatic heterocycles. The Balaban J connectivity index is 2.25. The van der Waals surface area contributed by atoms with E-state index in [4.69, 9.17) is 9.47 Å². The topological polar surface area (TPSA) is 94.2 Å². The van der Waals surface area contributed by atoms with Crippen molar-refractivity contribution in [1.82, 2.24) is 10.2 Å². The van der Waals surface area contributed by atoms with Crippen molar-refractivity contribution < 1.29 is 28.6 Å². The van der Waals surface area contributed by atoms with E-state index in [1.807, 2.05) is 13.8 Å². The van der Waals surface area contributed by atoms with Gasteiger partial charge in [-0.05, 0) is 37.6 Å². The van der Waals surface area contributed by atoms with Crippen molar-refractivity contribution >= 4 is 24.0 Å². The van der Waals surface area contributed by atoms with Gasteiger partial charge in [0.1, 0.15) is 12.2 Å². The van der Waals surface area contributed by atoms with Gasteiger partial charge in [-0.1, -0.05) is 6.07 Å². The molecule has 0 aromatic heterocycles. The minimum Gasteiger partial charge on any atom is -0.490 e. The Kier molecular flexibility index (Phi) is 5.99. The lowest BCUT2D eigenvalue weighted by Gasteiger charge is -2.11. The van der Waals surface area contributed by atoms with E-state index < -0.39 is 24.5 Å². The van der Waals surface area contributed by atoms with Gasteiger partial charge in [-0.15, -0.1) is 0 Å². The number of urea groups is 1. The van der Waals surface area contributed by atoms with E-state index in [1.54, 1.807) is 18.2 Å². The third-order valence-electron chi connectivity index (χ3n) is 3.36. The van der Waals surface area contributed by atoms with E-state index in [-0.39, 0.29) is 5.70 Å². The van der Waals surface area contributed by atoms with Crippen molar-refractivity contribution in [2.45, 2.75) is 13.8 Å². The smallest absolute Gasteiger partial charge is 0.329 e. The number of nitrogens with one attached hydrogen (secondary N) is 1. The second-order valence-corrected chi connectivity index (χ2v) is 5.03. The highest BCUT2D eigenvalue weighted by atomic mass is 16.5. The van der Waals surface area contributed by atoms with Crippen molar-refractivity contribution in [3.05, 3.63) is 29.5 Å². The molecule has 0 spiro atoms. The maximum atomic E-state index is 12.3. The van der Waals surface area contributed by atoms with Gasteiger partial charge in [-0.3, -0.25) is 9.59 Å². The predicted octanol–water partition coefficient (Wildman–Crippen LogP) is 1.55. The summed E-state index contributed by atoms with van der Waals surface area (Å²) in [6.45, 7) is 4.24. The molecule has 0 unspecified atom stereocenters. The molecular formula is C17H20N2O6. The first-order valence-electron chi connectivity index (χ1n) is 7.81. The lowest BCUT2D eigenvalue weighted by atomic mass is 10.1. The largest absolute Gasteiger partial charge is 0.490 e. The maximum Gasteiger partial charge on any atom is 0.329 e. The number of imide groups is 1. The number of amides is 3. The van der Waals surface area contributed by atoms with Crippen LogP contribution in [0.5, 0.6) is 11.5 Å². The molecule has 1 N–H and O–H groups in total. The first kappa shape index (κ1) is 18.3. The highest BCUT2D eigenvalue weighted by Gasteiger charge is 2.35. The summed E-state index contributed by atoms with van der Waals surface area (Å²) in [4.78, 5) is 36.2. The van der Waals surface area contributed by atoms with E-state index in [9.17, 15) is 14.4 Å². The summed E-state index contributed by atoms with van der Waals surface area (Å²) in [6, 6.07) is 4.51. The van der Waals surface area contributed by atoms with Crippen molar-refractivity contribution in [1.29, 1.82) is 0 Å². The molecule has 1 aromatic carbocycles. The van der Waals surface area contributed by atoms with Gasteiger partial charge in [-0.2, -0.15) is 0 Å². The first-order valence-corrected chi connectivity index (χ1v) is 7.81. The Morgan fingerprint density at radius 2 is 1.84 bits per heavy atom. The molecule has 3 amide bonds. The number of benzene rings is 1. The second-order valence-electron chi connectivity index (χ2n) is 5.03. The van der Waals surface area contributed by atoms with E-state index in [2.05, 4.69) is 10.1 Å². The van der Waals surface area contributed by atoms with Crippen LogP contribution in [-0.2, 0) is 14.3 Å². The average molecular weight is 348 g/mol. The highest BCUT2D eigenvalue weighted by Crippen LogP contribution is 2.29. The molecule has 8 nitrogen and oxygen atoms in total. The van der Waals surface area contributed by atoms with Crippen LogP contribution in [0, 0.1) is 0 Å². The fourth-order valence-corrected chi connectivity index (χ4v) is 2.23.